The van der Waals surface area contributed by atoms with Gasteiger partial charge < -0.3 is 5.32 Å². The second-order valence-electron chi connectivity index (χ2n) is 5.07. The van der Waals surface area contributed by atoms with Crippen molar-refractivity contribution < 1.29 is 8.78 Å². The number of alkyl halides is 2. The minimum atomic E-state index is -2.60. The summed E-state index contributed by atoms with van der Waals surface area (Å²) in [7, 11) is 0. The monoisotopic (exact) mass is 283 g/mol. The normalized spacial score (nSPS) is 11.7. The van der Waals surface area contributed by atoms with Gasteiger partial charge in [-0.3, -0.25) is 4.68 Å². The molecule has 0 fully saturated rings. The molecule has 0 bridgehead atoms. The first-order chi connectivity index (χ1) is 9.56. The average molecular weight is 283 g/mol. The van der Waals surface area contributed by atoms with Crippen LogP contribution < -0.4 is 5.32 Å². The molecule has 7 heteroatoms. The van der Waals surface area contributed by atoms with Crippen LogP contribution in [0.3, 0.4) is 0 Å². The number of hydrogen-bond donors (Lipinski definition) is 1. The molecular formula is C13H19F2N5. The SMILES string of the molecule is CC(C)Cn1ccc(CNCc2ccnn2C(F)F)n1. The van der Waals surface area contributed by atoms with Crippen molar-refractivity contribution in [3.05, 3.63) is 35.9 Å². The van der Waals surface area contributed by atoms with Crippen molar-refractivity contribution in [2.75, 3.05) is 0 Å². The highest BCUT2D eigenvalue weighted by Crippen LogP contribution is 2.11. The van der Waals surface area contributed by atoms with Crippen LogP contribution in [0.5, 0.6) is 0 Å². The van der Waals surface area contributed by atoms with Gasteiger partial charge in [0.1, 0.15) is 0 Å². The summed E-state index contributed by atoms with van der Waals surface area (Å²) in [5.41, 5.74) is 1.36. The Hall–Kier alpha value is -1.76. The van der Waals surface area contributed by atoms with E-state index in [1.54, 1.807) is 6.07 Å². The van der Waals surface area contributed by atoms with Crippen LogP contribution in [0.15, 0.2) is 24.5 Å². The number of nitrogens with one attached hydrogen (secondary N) is 1. The Morgan fingerprint density at radius 3 is 2.75 bits per heavy atom. The lowest BCUT2D eigenvalue weighted by atomic mass is 10.2. The zero-order valence-electron chi connectivity index (χ0n) is 11.6. The molecule has 2 aromatic heterocycles. The summed E-state index contributed by atoms with van der Waals surface area (Å²) < 4.78 is 27.8. The molecule has 0 aromatic carbocycles. The standard InChI is InChI=1S/C13H19F2N5/c1-10(2)9-19-6-4-11(18-19)7-16-8-12-3-5-17-20(12)13(14)15/h3-6,10,13,16H,7-9H2,1-2H3. The largest absolute Gasteiger partial charge is 0.333 e. The second kappa shape index (κ2) is 6.60. The molecule has 0 aliphatic carbocycles. The predicted molar refractivity (Wildman–Crippen MR) is 71.1 cm³/mol. The summed E-state index contributed by atoms with van der Waals surface area (Å²) in [6.07, 6.45) is 3.31. The Morgan fingerprint density at radius 2 is 2.05 bits per heavy atom. The van der Waals surface area contributed by atoms with Gasteiger partial charge in [-0.15, -0.1) is 0 Å². The number of rotatable bonds is 7. The first-order valence-corrected chi connectivity index (χ1v) is 6.60. The topological polar surface area (TPSA) is 47.7 Å². The molecule has 0 amide bonds. The minimum absolute atomic E-state index is 0.335. The summed E-state index contributed by atoms with van der Waals surface area (Å²) >= 11 is 0. The van der Waals surface area contributed by atoms with Crippen molar-refractivity contribution in [2.24, 2.45) is 5.92 Å². The molecule has 5 nitrogen and oxygen atoms in total. The zero-order valence-corrected chi connectivity index (χ0v) is 11.6. The van der Waals surface area contributed by atoms with Crippen molar-refractivity contribution >= 4 is 0 Å². The quantitative estimate of drug-likeness (QED) is 0.849. The summed E-state index contributed by atoms with van der Waals surface area (Å²) in [6, 6.07) is 3.51. The van der Waals surface area contributed by atoms with Gasteiger partial charge in [-0.1, -0.05) is 13.8 Å². The highest BCUT2D eigenvalue weighted by molar-refractivity contribution is 5.02. The van der Waals surface area contributed by atoms with Crippen LogP contribution in [0.25, 0.3) is 0 Å². The van der Waals surface area contributed by atoms with Crippen molar-refractivity contribution in [3.8, 4) is 0 Å². The van der Waals surface area contributed by atoms with E-state index in [9.17, 15) is 8.78 Å². The zero-order chi connectivity index (χ0) is 14.5. The maximum Gasteiger partial charge on any atom is 0.333 e. The highest BCUT2D eigenvalue weighted by atomic mass is 19.3. The van der Waals surface area contributed by atoms with Crippen LogP contribution in [-0.2, 0) is 19.6 Å². The van der Waals surface area contributed by atoms with Gasteiger partial charge in [-0.25, -0.2) is 4.68 Å². The average Bonchev–Trinajstić information content (AvgIpc) is 2.98. The fourth-order valence-electron chi connectivity index (χ4n) is 1.95. The van der Waals surface area contributed by atoms with Gasteiger partial charge in [0.2, 0.25) is 0 Å². The lowest BCUT2D eigenvalue weighted by Gasteiger charge is -2.07. The highest BCUT2D eigenvalue weighted by Gasteiger charge is 2.11. The summed E-state index contributed by atoms with van der Waals surface area (Å²) in [4.78, 5) is 0. The molecule has 2 heterocycles. The molecule has 2 rings (SSSR count). The summed E-state index contributed by atoms with van der Waals surface area (Å²) in [5, 5.41) is 11.1. The smallest absolute Gasteiger partial charge is 0.305 e. The molecule has 110 valence electrons. The van der Waals surface area contributed by atoms with E-state index in [-0.39, 0.29) is 0 Å². The minimum Gasteiger partial charge on any atom is -0.305 e. The van der Waals surface area contributed by atoms with Crippen LogP contribution in [0.1, 0.15) is 31.8 Å². The Labute approximate surface area is 116 Å². The van der Waals surface area contributed by atoms with E-state index in [4.69, 9.17) is 0 Å². The predicted octanol–water partition coefficient (Wildman–Crippen LogP) is 2.42. The molecule has 0 atom stereocenters. The van der Waals surface area contributed by atoms with Gasteiger partial charge in [-0.2, -0.15) is 19.0 Å². The fourth-order valence-corrected chi connectivity index (χ4v) is 1.95. The fraction of sp³-hybridized carbons (Fsp3) is 0.538. The van der Waals surface area contributed by atoms with E-state index in [1.165, 1.54) is 6.20 Å². The Bertz CT molecular complexity index is 532. The third-order valence-corrected chi connectivity index (χ3v) is 2.80. The number of hydrogen-bond acceptors (Lipinski definition) is 3. The number of nitrogens with zero attached hydrogens (tertiary/aromatic N) is 4. The first-order valence-electron chi connectivity index (χ1n) is 6.60. The van der Waals surface area contributed by atoms with Crippen LogP contribution in [0, 0.1) is 5.92 Å². The van der Waals surface area contributed by atoms with Gasteiger partial charge >= 0.3 is 6.55 Å². The molecule has 0 unspecified atom stereocenters. The van der Waals surface area contributed by atoms with Gasteiger partial charge in [-0.05, 0) is 18.1 Å². The van der Waals surface area contributed by atoms with Crippen LogP contribution in [0.2, 0.25) is 0 Å². The van der Waals surface area contributed by atoms with Crippen molar-refractivity contribution in [1.29, 1.82) is 0 Å². The molecule has 0 saturated carbocycles. The van der Waals surface area contributed by atoms with Gasteiger partial charge in [0.25, 0.3) is 0 Å². The first kappa shape index (κ1) is 14.6. The number of halogens is 2. The van der Waals surface area contributed by atoms with E-state index < -0.39 is 6.55 Å². The summed E-state index contributed by atoms with van der Waals surface area (Å²) in [6.45, 7) is 3.40. The third-order valence-electron chi connectivity index (χ3n) is 2.80. The second-order valence-corrected chi connectivity index (χ2v) is 5.07. The molecule has 1 N–H and O–H groups in total. The Balaban J connectivity index is 1.83. The third kappa shape index (κ3) is 3.86. The van der Waals surface area contributed by atoms with Crippen molar-refractivity contribution in [3.63, 3.8) is 0 Å². The Kier molecular flexibility index (Phi) is 4.84. The van der Waals surface area contributed by atoms with E-state index >= 15 is 0 Å². The van der Waals surface area contributed by atoms with Crippen LogP contribution in [-0.4, -0.2) is 19.6 Å². The molecule has 0 saturated heterocycles. The van der Waals surface area contributed by atoms with E-state index in [2.05, 4.69) is 29.4 Å². The molecule has 0 radical (unpaired) electrons. The molecule has 0 aliphatic heterocycles. The van der Waals surface area contributed by atoms with Crippen molar-refractivity contribution in [2.45, 2.75) is 40.0 Å². The van der Waals surface area contributed by atoms with Gasteiger partial charge in [0, 0.05) is 32.0 Å². The lowest BCUT2D eigenvalue weighted by molar-refractivity contribution is 0.0531. The number of aromatic nitrogens is 4. The van der Waals surface area contributed by atoms with Gasteiger partial charge in [0.15, 0.2) is 0 Å². The van der Waals surface area contributed by atoms with Crippen molar-refractivity contribution in [1.82, 2.24) is 24.9 Å². The summed E-state index contributed by atoms with van der Waals surface area (Å²) in [5.74, 6) is 0.538. The lowest BCUT2D eigenvalue weighted by Crippen LogP contribution is -2.17. The molecule has 20 heavy (non-hydrogen) atoms. The Morgan fingerprint density at radius 1 is 1.25 bits per heavy atom. The van der Waals surface area contributed by atoms with Gasteiger partial charge in [0.05, 0.1) is 11.4 Å². The van der Waals surface area contributed by atoms with E-state index in [0.717, 1.165) is 12.2 Å². The molecule has 2 aromatic rings. The van der Waals surface area contributed by atoms with Crippen LogP contribution >= 0.6 is 0 Å². The van der Waals surface area contributed by atoms with E-state index in [1.807, 2.05) is 16.9 Å². The molecule has 0 aliphatic rings. The molecule has 0 spiro atoms. The maximum atomic E-state index is 12.6. The molecular weight excluding hydrogens is 264 g/mol. The van der Waals surface area contributed by atoms with E-state index in [0.29, 0.717) is 29.4 Å². The maximum absolute atomic E-state index is 12.6. The van der Waals surface area contributed by atoms with Crippen LogP contribution in [0.4, 0.5) is 8.78 Å².